The van der Waals surface area contributed by atoms with Crippen molar-refractivity contribution in [2.75, 3.05) is 0 Å². The number of carbonyl (C=O) groups excluding carboxylic acids is 1. The average Bonchev–Trinajstić information content (AvgIpc) is 2.72. The van der Waals surface area contributed by atoms with E-state index in [9.17, 15) is 4.79 Å². The summed E-state index contributed by atoms with van der Waals surface area (Å²) in [5.41, 5.74) is -0.816. The molecule has 2 aromatic carbocycles. The number of hydrogen-bond donors (Lipinski definition) is 0. The third-order valence-electron chi connectivity index (χ3n) is 6.15. The monoisotopic (exact) mass is 424 g/mol. The normalized spacial score (nSPS) is 22.8. The molecule has 0 aliphatic heterocycles. The van der Waals surface area contributed by atoms with Gasteiger partial charge >= 0.3 is 0 Å². The van der Waals surface area contributed by atoms with Gasteiger partial charge in [-0.15, -0.1) is 0 Å². The molecule has 0 spiro atoms. The zero-order valence-electron chi connectivity index (χ0n) is 19.1. The third-order valence-corrected chi connectivity index (χ3v) is 11.3. The van der Waals surface area contributed by atoms with Crippen molar-refractivity contribution in [3.05, 3.63) is 60.7 Å². The zero-order chi connectivity index (χ0) is 21.8. The molecule has 3 nitrogen and oxygen atoms in total. The summed E-state index contributed by atoms with van der Waals surface area (Å²) in [6, 6.07) is 21.1. The van der Waals surface area contributed by atoms with Gasteiger partial charge < -0.3 is 14.0 Å². The number of ether oxygens (including phenoxy) is 1. The van der Waals surface area contributed by atoms with Gasteiger partial charge in [0.2, 0.25) is 0 Å². The van der Waals surface area contributed by atoms with E-state index in [1.165, 1.54) is 10.4 Å². The maximum atomic E-state index is 12.6. The Labute approximate surface area is 182 Å². The molecule has 2 unspecified atom stereocenters. The van der Waals surface area contributed by atoms with Crippen LogP contribution < -0.4 is 10.4 Å². The van der Waals surface area contributed by atoms with E-state index in [4.69, 9.17) is 9.16 Å². The molecule has 1 aliphatic rings. The van der Waals surface area contributed by atoms with Gasteiger partial charge in [-0.1, -0.05) is 81.4 Å². The van der Waals surface area contributed by atoms with E-state index in [0.717, 1.165) is 25.5 Å². The maximum Gasteiger partial charge on any atom is 0.262 e. The Balaban J connectivity index is 2.14. The molecule has 2 atom stereocenters. The van der Waals surface area contributed by atoms with Crippen LogP contribution in [0.5, 0.6) is 0 Å². The predicted molar refractivity (Wildman–Crippen MR) is 126 cm³/mol. The second kappa shape index (κ2) is 9.17. The van der Waals surface area contributed by atoms with Crippen LogP contribution in [0.4, 0.5) is 0 Å². The Morgan fingerprint density at radius 2 is 1.53 bits per heavy atom. The van der Waals surface area contributed by atoms with Crippen LogP contribution in [0.3, 0.4) is 0 Å². The standard InChI is InChI=1S/C26H36O3Si/c1-21(2)28-22-13-12-18-26(19-22,20-27)29-30(25(3,4)5,23-14-8-6-9-15-23)24-16-10-7-11-17-24/h6-11,14-17,20-22H,12-13,18-19H2,1-5H3. The third kappa shape index (κ3) is 4.61. The molecular formula is C26H36O3Si. The maximum absolute atomic E-state index is 12.6. The number of carbonyl (C=O) groups is 1. The molecule has 0 aromatic heterocycles. The largest absolute Gasteiger partial charge is 0.395 e. The number of benzene rings is 2. The lowest BCUT2D eigenvalue weighted by Gasteiger charge is -2.50. The summed E-state index contributed by atoms with van der Waals surface area (Å²) in [6.07, 6.45) is 4.57. The number of aldehydes is 1. The van der Waals surface area contributed by atoms with E-state index in [-0.39, 0.29) is 17.2 Å². The van der Waals surface area contributed by atoms with Crippen LogP contribution in [0.25, 0.3) is 0 Å². The lowest BCUT2D eigenvalue weighted by molar-refractivity contribution is -0.133. The lowest BCUT2D eigenvalue weighted by Crippen LogP contribution is -2.70. The molecule has 1 saturated carbocycles. The molecule has 0 heterocycles. The van der Waals surface area contributed by atoms with Gasteiger partial charge in [-0.3, -0.25) is 0 Å². The van der Waals surface area contributed by atoms with E-state index in [0.29, 0.717) is 6.42 Å². The van der Waals surface area contributed by atoms with Gasteiger partial charge in [0.15, 0.2) is 6.29 Å². The molecule has 4 heteroatoms. The van der Waals surface area contributed by atoms with Gasteiger partial charge in [0.05, 0.1) is 12.2 Å². The quantitative estimate of drug-likeness (QED) is 0.470. The minimum Gasteiger partial charge on any atom is -0.395 e. The van der Waals surface area contributed by atoms with Crippen LogP contribution in [-0.4, -0.2) is 32.4 Å². The minimum absolute atomic E-state index is 0.0576. The Morgan fingerprint density at radius 3 is 1.97 bits per heavy atom. The highest BCUT2D eigenvalue weighted by atomic mass is 28.4. The van der Waals surface area contributed by atoms with Crippen molar-refractivity contribution in [3.63, 3.8) is 0 Å². The van der Waals surface area contributed by atoms with Gasteiger partial charge in [-0.2, -0.15) is 0 Å². The molecule has 162 valence electrons. The van der Waals surface area contributed by atoms with Crippen molar-refractivity contribution in [3.8, 4) is 0 Å². The van der Waals surface area contributed by atoms with Gasteiger partial charge in [0.1, 0.15) is 5.60 Å². The van der Waals surface area contributed by atoms with E-state index in [1.54, 1.807) is 0 Å². The first-order chi connectivity index (χ1) is 14.2. The molecule has 1 fully saturated rings. The van der Waals surface area contributed by atoms with Gasteiger partial charge in [0.25, 0.3) is 8.32 Å². The van der Waals surface area contributed by atoms with Crippen molar-refractivity contribution in [1.29, 1.82) is 0 Å². The van der Waals surface area contributed by atoms with Crippen LogP contribution in [0.1, 0.15) is 60.3 Å². The molecule has 0 N–H and O–H groups in total. The first-order valence-corrected chi connectivity index (χ1v) is 13.1. The van der Waals surface area contributed by atoms with Crippen molar-refractivity contribution in [2.24, 2.45) is 0 Å². The van der Waals surface area contributed by atoms with Crippen molar-refractivity contribution in [1.82, 2.24) is 0 Å². The molecule has 30 heavy (non-hydrogen) atoms. The molecule has 2 aromatic rings. The SMILES string of the molecule is CC(C)OC1CCCC(C=O)(O[Si](c2ccccc2)(c2ccccc2)C(C)(C)C)C1. The van der Waals surface area contributed by atoms with Crippen molar-refractivity contribution in [2.45, 2.75) is 83.1 Å². The van der Waals surface area contributed by atoms with E-state index in [2.05, 4.69) is 83.1 Å². The van der Waals surface area contributed by atoms with Crippen LogP contribution in [0.15, 0.2) is 60.7 Å². The summed E-state index contributed by atoms with van der Waals surface area (Å²) in [5.74, 6) is 0. The fraction of sp³-hybridized carbons (Fsp3) is 0.500. The summed E-state index contributed by atoms with van der Waals surface area (Å²) in [7, 11) is -2.79. The smallest absolute Gasteiger partial charge is 0.262 e. The average molecular weight is 425 g/mol. The van der Waals surface area contributed by atoms with Crippen molar-refractivity contribution >= 4 is 25.0 Å². The Morgan fingerprint density at radius 1 is 1.00 bits per heavy atom. The molecule has 0 amide bonds. The van der Waals surface area contributed by atoms with Gasteiger partial charge in [-0.25, -0.2) is 0 Å². The van der Waals surface area contributed by atoms with E-state index < -0.39 is 13.9 Å². The van der Waals surface area contributed by atoms with E-state index in [1.807, 2.05) is 12.1 Å². The van der Waals surface area contributed by atoms with Gasteiger partial charge in [0, 0.05) is 6.42 Å². The molecule has 0 saturated heterocycles. The summed E-state index contributed by atoms with van der Waals surface area (Å²) >= 11 is 0. The molecule has 0 radical (unpaired) electrons. The first-order valence-electron chi connectivity index (χ1n) is 11.2. The second-order valence-corrected chi connectivity index (χ2v) is 14.1. The minimum atomic E-state index is -2.79. The number of rotatable bonds is 7. The molecule has 0 bridgehead atoms. The summed E-state index contributed by atoms with van der Waals surface area (Å²) in [5, 5.41) is 2.26. The van der Waals surface area contributed by atoms with Crippen molar-refractivity contribution < 1.29 is 14.0 Å². The highest BCUT2D eigenvalue weighted by Crippen LogP contribution is 2.43. The summed E-state index contributed by atoms with van der Waals surface area (Å²) in [4.78, 5) is 12.6. The molecule has 3 rings (SSSR count). The van der Waals surface area contributed by atoms with Crippen LogP contribution in [0, 0.1) is 0 Å². The van der Waals surface area contributed by atoms with Crippen LogP contribution >= 0.6 is 0 Å². The molecule has 1 aliphatic carbocycles. The Kier molecular flexibility index (Phi) is 7.01. The number of hydrogen-bond acceptors (Lipinski definition) is 3. The fourth-order valence-electron chi connectivity index (χ4n) is 4.90. The summed E-state index contributed by atoms with van der Waals surface area (Å²) < 4.78 is 13.4. The topological polar surface area (TPSA) is 35.5 Å². The summed E-state index contributed by atoms with van der Waals surface area (Å²) in [6.45, 7) is 10.9. The second-order valence-electron chi connectivity index (χ2n) is 9.85. The highest BCUT2D eigenvalue weighted by Gasteiger charge is 2.55. The Bertz CT molecular complexity index is 774. The van der Waals surface area contributed by atoms with Crippen LogP contribution in [0.2, 0.25) is 5.04 Å². The predicted octanol–water partition coefficient (Wildman–Crippen LogP) is 4.87. The fourth-order valence-corrected chi connectivity index (χ4v) is 9.67. The zero-order valence-corrected chi connectivity index (χ0v) is 20.1. The Hall–Kier alpha value is -1.75. The first kappa shape index (κ1) is 22.9. The van der Waals surface area contributed by atoms with Crippen LogP contribution in [-0.2, 0) is 14.0 Å². The lowest BCUT2D eigenvalue weighted by atomic mass is 9.84. The van der Waals surface area contributed by atoms with E-state index >= 15 is 0 Å². The highest BCUT2D eigenvalue weighted by molar-refractivity contribution is 6.99. The molecular weight excluding hydrogens is 388 g/mol. The van der Waals surface area contributed by atoms with Gasteiger partial charge in [-0.05, 0) is 48.5 Å².